The molecule has 0 spiro atoms. The molecular weight excluding hydrogens is 287 g/mol. The van der Waals surface area contributed by atoms with Crippen molar-refractivity contribution in [1.82, 2.24) is 8.96 Å². The molecule has 1 aromatic heterocycles. The van der Waals surface area contributed by atoms with Gasteiger partial charge in [-0.2, -0.15) is 0 Å². The number of halogens is 2. The number of rotatable bonds is 2. The van der Waals surface area contributed by atoms with Gasteiger partial charge in [0.1, 0.15) is 0 Å². The highest BCUT2D eigenvalue weighted by Crippen LogP contribution is 2.29. The zero-order valence-electron chi connectivity index (χ0n) is 8.94. The molecule has 8 heteroatoms. The molecule has 2 aromatic rings. The van der Waals surface area contributed by atoms with Gasteiger partial charge in [0.15, 0.2) is 12.3 Å². The van der Waals surface area contributed by atoms with Crippen LogP contribution in [-0.4, -0.2) is 23.6 Å². The first-order valence-electron chi connectivity index (χ1n) is 4.52. The lowest BCUT2D eigenvalue weighted by molar-refractivity contribution is 0.593. The van der Waals surface area contributed by atoms with Crippen LogP contribution in [0.4, 0.5) is 3.89 Å². The van der Waals surface area contributed by atoms with E-state index < -0.39 is 9.84 Å². The molecule has 0 aliphatic heterocycles. The Bertz CT molecular complexity index is 697. The Morgan fingerprint density at radius 1 is 1.47 bits per heavy atom. The van der Waals surface area contributed by atoms with Gasteiger partial charge in [-0.05, 0) is 24.6 Å². The van der Waals surface area contributed by atoms with E-state index in [-0.39, 0.29) is 17.5 Å². The average molecular weight is 295 g/mol. The number of fused-ring (bicyclic) bond motifs is 1. The molecule has 92 valence electrons. The summed E-state index contributed by atoms with van der Waals surface area (Å²) in [6.45, 7) is 1.77. The quantitative estimate of drug-likeness (QED) is 0.854. The molecule has 0 atom stereocenters. The maximum atomic E-state index is 12.8. The normalized spacial score (nSPS) is 12.2. The van der Waals surface area contributed by atoms with Crippen molar-refractivity contribution in [3.05, 3.63) is 22.7 Å². The summed E-state index contributed by atoms with van der Waals surface area (Å²) >= 11 is 5.71. The molecular formula is C9H8ClFN2O2S2. The molecule has 0 aliphatic rings. The van der Waals surface area contributed by atoms with Crippen LogP contribution in [0.15, 0.2) is 17.3 Å². The van der Waals surface area contributed by atoms with Gasteiger partial charge in [0, 0.05) is 11.3 Å². The van der Waals surface area contributed by atoms with Crippen molar-refractivity contribution >= 4 is 44.8 Å². The van der Waals surface area contributed by atoms with Crippen LogP contribution in [-0.2, 0) is 9.84 Å². The predicted molar refractivity (Wildman–Crippen MR) is 66.7 cm³/mol. The van der Waals surface area contributed by atoms with Crippen LogP contribution in [0.2, 0.25) is 5.02 Å². The van der Waals surface area contributed by atoms with Crippen molar-refractivity contribution in [3.63, 3.8) is 0 Å². The van der Waals surface area contributed by atoms with E-state index in [1.165, 1.54) is 6.07 Å². The minimum Gasteiger partial charge on any atom is -0.228 e. The van der Waals surface area contributed by atoms with Crippen molar-refractivity contribution in [3.8, 4) is 0 Å². The molecule has 0 amide bonds. The lowest BCUT2D eigenvalue weighted by atomic mass is 10.2. The zero-order valence-corrected chi connectivity index (χ0v) is 11.3. The summed E-state index contributed by atoms with van der Waals surface area (Å²) in [5.74, 6) is 0. The third-order valence-electron chi connectivity index (χ3n) is 2.27. The fourth-order valence-electron chi connectivity index (χ4n) is 1.46. The summed E-state index contributed by atoms with van der Waals surface area (Å²) in [5, 5.41) is 0.120. The molecule has 4 nitrogen and oxygen atoms in total. The van der Waals surface area contributed by atoms with E-state index in [0.29, 0.717) is 16.1 Å². The summed E-state index contributed by atoms with van der Waals surface area (Å²) in [4.78, 5) is 3.91. The van der Waals surface area contributed by atoms with Gasteiger partial charge < -0.3 is 0 Å². The SMILES string of the molecule is Cc1cc2nc(S(C)(=O)=O)n(SF)c2cc1Cl. The Morgan fingerprint density at radius 3 is 2.65 bits per heavy atom. The molecule has 0 aliphatic carbocycles. The van der Waals surface area contributed by atoms with Crippen LogP contribution >= 0.6 is 23.9 Å². The average Bonchev–Trinajstić information content (AvgIpc) is 2.56. The number of nitrogens with zero attached hydrogens (tertiary/aromatic N) is 2. The number of benzene rings is 1. The molecule has 1 aromatic carbocycles. The molecule has 0 unspecified atom stereocenters. The van der Waals surface area contributed by atoms with Gasteiger partial charge in [0.25, 0.3) is 0 Å². The molecule has 0 bridgehead atoms. The standard InChI is InChI=1S/C9H8ClFN2O2S2/c1-5-3-7-8(4-6(5)10)13(16-11)9(12-7)17(2,14)15/h3-4H,1-2H3. The lowest BCUT2D eigenvalue weighted by Crippen LogP contribution is -2.03. The summed E-state index contributed by atoms with van der Waals surface area (Å²) in [7, 11) is -3.59. The maximum absolute atomic E-state index is 12.8. The minimum absolute atomic E-state index is 0.211. The molecule has 0 saturated carbocycles. The van der Waals surface area contributed by atoms with Gasteiger partial charge in [-0.25, -0.2) is 17.4 Å². The largest absolute Gasteiger partial charge is 0.240 e. The second kappa shape index (κ2) is 4.15. The number of aryl methyl sites for hydroxylation is 1. The lowest BCUT2D eigenvalue weighted by Gasteiger charge is -2.00. The molecule has 1 heterocycles. The van der Waals surface area contributed by atoms with Crippen molar-refractivity contribution in [1.29, 1.82) is 0 Å². The fourth-order valence-corrected chi connectivity index (χ4v) is 3.09. The smallest absolute Gasteiger partial charge is 0.228 e. The van der Waals surface area contributed by atoms with Gasteiger partial charge in [-0.1, -0.05) is 11.6 Å². The first-order valence-corrected chi connectivity index (χ1v) is 7.46. The summed E-state index contributed by atoms with van der Waals surface area (Å²) in [6.07, 6.45) is 0.982. The van der Waals surface area contributed by atoms with Crippen LogP contribution in [0, 0.1) is 6.92 Å². The van der Waals surface area contributed by atoms with Crippen LogP contribution in [0.1, 0.15) is 5.56 Å². The van der Waals surface area contributed by atoms with Crippen molar-refractivity contribution in [2.75, 3.05) is 6.26 Å². The van der Waals surface area contributed by atoms with Crippen molar-refractivity contribution < 1.29 is 12.3 Å². The monoisotopic (exact) mass is 294 g/mol. The predicted octanol–water partition coefficient (Wildman–Crippen LogP) is 2.78. The van der Waals surface area contributed by atoms with E-state index in [4.69, 9.17) is 11.6 Å². The Morgan fingerprint density at radius 2 is 2.12 bits per heavy atom. The Labute approximate surface area is 107 Å². The molecule has 0 fully saturated rings. The van der Waals surface area contributed by atoms with Crippen LogP contribution in [0.3, 0.4) is 0 Å². The molecule has 0 radical (unpaired) electrons. The summed E-state index contributed by atoms with van der Waals surface area (Å²) in [6, 6.07) is 3.12. The zero-order chi connectivity index (χ0) is 12.8. The maximum Gasteiger partial charge on any atom is 0.240 e. The van der Waals surface area contributed by atoms with Gasteiger partial charge in [0.05, 0.1) is 11.0 Å². The van der Waals surface area contributed by atoms with Gasteiger partial charge in [-0.3, -0.25) is 0 Å². The Hall–Kier alpha value is -0.790. The van der Waals surface area contributed by atoms with Crippen LogP contribution in [0.5, 0.6) is 0 Å². The molecule has 17 heavy (non-hydrogen) atoms. The highest BCUT2D eigenvalue weighted by Gasteiger charge is 2.21. The first-order chi connectivity index (χ1) is 7.84. The second-order valence-electron chi connectivity index (χ2n) is 3.62. The number of aromatic nitrogens is 2. The third kappa shape index (κ3) is 2.14. The van der Waals surface area contributed by atoms with Gasteiger partial charge in [-0.15, -0.1) is 3.89 Å². The van der Waals surface area contributed by atoms with Crippen molar-refractivity contribution in [2.24, 2.45) is 0 Å². The molecule has 0 saturated heterocycles. The van der Waals surface area contributed by atoms with E-state index in [2.05, 4.69) is 4.98 Å². The number of sulfone groups is 1. The van der Waals surface area contributed by atoms with Gasteiger partial charge >= 0.3 is 0 Å². The molecule has 0 N–H and O–H groups in total. The highest BCUT2D eigenvalue weighted by atomic mass is 35.5. The highest BCUT2D eigenvalue weighted by molar-refractivity contribution is 7.94. The summed E-state index contributed by atoms with van der Waals surface area (Å²) < 4.78 is 36.7. The number of imidazole rings is 1. The topological polar surface area (TPSA) is 52.0 Å². The van der Waals surface area contributed by atoms with E-state index in [1.807, 2.05) is 0 Å². The first kappa shape index (κ1) is 12.7. The Balaban J connectivity index is 2.90. The van der Waals surface area contributed by atoms with Crippen LogP contribution in [0.25, 0.3) is 11.0 Å². The van der Waals surface area contributed by atoms with E-state index in [1.54, 1.807) is 13.0 Å². The fraction of sp³-hybridized carbons (Fsp3) is 0.222. The van der Waals surface area contributed by atoms with Gasteiger partial charge in [0.2, 0.25) is 15.0 Å². The minimum atomic E-state index is -3.59. The third-order valence-corrected chi connectivity index (χ3v) is 4.23. The van der Waals surface area contributed by atoms with E-state index >= 15 is 0 Å². The Kier molecular flexibility index (Phi) is 3.09. The second-order valence-corrected chi connectivity index (χ2v) is 6.44. The van der Waals surface area contributed by atoms with E-state index in [0.717, 1.165) is 15.8 Å². The summed E-state index contributed by atoms with van der Waals surface area (Å²) in [5.41, 5.74) is 1.50. The van der Waals surface area contributed by atoms with E-state index in [9.17, 15) is 12.3 Å². The van der Waals surface area contributed by atoms with Crippen LogP contribution < -0.4 is 0 Å². The number of hydrogen-bond acceptors (Lipinski definition) is 4. The number of hydrogen-bond donors (Lipinski definition) is 0. The van der Waals surface area contributed by atoms with Crippen molar-refractivity contribution in [2.45, 2.75) is 12.1 Å². The molecule has 2 rings (SSSR count).